The molecule has 1 fully saturated rings. The van der Waals surface area contributed by atoms with Crippen LogP contribution in [0.5, 0.6) is 11.5 Å². The molecule has 1 amide bonds. The number of hydrogen-bond acceptors (Lipinski definition) is 4. The molecule has 1 saturated heterocycles. The van der Waals surface area contributed by atoms with Crippen LogP contribution in [0.3, 0.4) is 0 Å². The van der Waals surface area contributed by atoms with Crippen molar-refractivity contribution in [3.63, 3.8) is 0 Å². The molecule has 1 heterocycles. The molecule has 0 spiro atoms. The quantitative estimate of drug-likeness (QED) is 0.532. The third-order valence-electron chi connectivity index (χ3n) is 4.40. The summed E-state index contributed by atoms with van der Waals surface area (Å²) in [4.78, 5) is 15.1. The van der Waals surface area contributed by atoms with E-state index < -0.39 is 23.5 Å². The lowest BCUT2D eigenvalue weighted by atomic mass is 10.1. The lowest BCUT2D eigenvalue weighted by Gasteiger charge is -2.22. The molecule has 10 heteroatoms. The van der Waals surface area contributed by atoms with Gasteiger partial charge in [-0.25, -0.2) is 4.39 Å². The van der Waals surface area contributed by atoms with E-state index >= 15 is 0 Å². The van der Waals surface area contributed by atoms with Crippen LogP contribution in [0.15, 0.2) is 36.4 Å². The predicted octanol–water partition coefficient (Wildman–Crippen LogP) is 4.00. The summed E-state index contributed by atoms with van der Waals surface area (Å²) in [5.41, 5.74) is -0.879. The van der Waals surface area contributed by atoms with Gasteiger partial charge < -0.3 is 14.4 Å². The van der Waals surface area contributed by atoms with E-state index in [1.807, 2.05) is 0 Å². The summed E-state index contributed by atoms with van der Waals surface area (Å²) in [7, 11) is 2.90. The number of halogens is 4. The Labute approximate surface area is 169 Å². The SMILES string of the molecule is COc1ccc(N2C(=O)CN(Cc3ccc(F)cc3C(F)(F)F)C2=S)cc1OC. The van der Waals surface area contributed by atoms with Crippen LogP contribution in [0.25, 0.3) is 0 Å². The number of nitrogens with zero attached hydrogens (tertiary/aromatic N) is 2. The number of carbonyl (C=O) groups excluding carboxylic acids is 1. The maximum absolute atomic E-state index is 13.3. The van der Waals surface area contributed by atoms with Crippen LogP contribution in [-0.2, 0) is 17.5 Å². The first kappa shape index (κ1) is 20.8. The molecule has 0 radical (unpaired) electrons. The topological polar surface area (TPSA) is 42.0 Å². The first-order chi connectivity index (χ1) is 13.7. The average Bonchev–Trinajstić information content (AvgIpc) is 2.95. The van der Waals surface area contributed by atoms with Gasteiger partial charge in [0.25, 0.3) is 5.91 Å². The van der Waals surface area contributed by atoms with E-state index in [0.717, 1.165) is 12.1 Å². The van der Waals surface area contributed by atoms with Crippen LogP contribution in [0.1, 0.15) is 11.1 Å². The van der Waals surface area contributed by atoms with Crippen molar-refractivity contribution in [2.75, 3.05) is 25.7 Å². The van der Waals surface area contributed by atoms with Gasteiger partial charge in [0.2, 0.25) is 0 Å². The molecule has 154 valence electrons. The monoisotopic (exact) mass is 428 g/mol. The van der Waals surface area contributed by atoms with Gasteiger partial charge in [0.1, 0.15) is 12.4 Å². The molecule has 5 nitrogen and oxygen atoms in total. The van der Waals surface area contributed by atoms with Gasteiger partial charge in [-0.3, -0.25) is 9.69 Å². The minimum Gasteiger partial charge on any atom is -0.493 e. The van der Waals surface area contributed by atoms with E-state index in [0.29, 0.717) is 23.3 Å². The molecule has 2 aromatic carbocycles. The Balaban J connectivity index is 1.89. The molecule has 0 saturated carbocycles. The molecule has 3 rings (SSSR count). The Morgan fingerprint density at radius 3 is 2.38 bits per heavy atom. The van der Waals surface area contributed by atoms with E-state index in [1.165, 1.54) is 24.0 Å². The molecule has 2 aromatic rings. The van der Waals surface area contributed by atoms with Gasteiger partial charge in [0.05, 0.1) is 25.5 Å². The molecule has 29 heavy (non-hydrogen) atoms. The van der Waals surface area contributed by atoms with E-state index in [4.69, 9.17) is 21.7 Å². The number of amides is 1. The zero-order chi connectivity index (χ0) is 21.3. The van der Waals surface area contributed by atoms with Gasteiger partial charge in [0.15, 0.2) is 16.6 Å². The Bertz CT molecular complexity index is 965. The fraction of sp³-hybridized carbons (Fsp3) is 0.263. The molecule has 0 bridgehead atoms. The summed E-state index contributed by atoms with van der Waals surface area (Å²) in [6.45, 7) is -0.495. The van der Waals surface area contributed by atoms with Crippen molar-refractivity contribution in [3.05, 3.63) is 53.3 Å². The highest BCUT2D eigenvalue weighted by Gasteiger charge is 2.38. The molecule has 0 aliphatic carbocycles. The van der Waals surface area contributed by atoms with Crippen LogP contribution in [-0.4, -0.2) is 36.7 Å². The van der Waals surface area contributed by atoms with E-state index in [9.17, 15) is 22.4 Å². The number of ether oxygens (including phenoxy) is 2. The maximum atomic E-state index is 13.3. The Hall–Kier alpha value is -2.88. The first-order valence-electron chi connectivity index (χ1n) is 8.35. The molecular formula is C19H16F4N2O3S. The van der Waals surface area contributed by atoms with Crippen molar-refractivity contribution in [2.45, 2.75) is 12.7 Å². The lowest BCUT2D eigenvalue weighted by Crippen LogP contribution is -2.33. The van der Waals surface area contributed by atoms with Crippen molar-refractivity contribution in [2.24, 2.45) is 0 Å². The Morgan fingerprint density at radius 1 is 1.07 bits per heavy atom. The van der Waals surface area contributed by atoms with Gasteiger partial charge in [-0.1, -0.05) is 6.07 Å². The van der Waals surface area contributed by atoms with E-state index in [2.05, 4.69) is 0 Å². The fourth-order valence-corrected chi connectivity index (χ4v) is 3.38. The van der Waals surface area contributed by atoms with Gasteiger partial charge >= 0.3 is 6.18 Å². The standard InChI is InChI=1S/C19H16F4N2O3S/c1-27-15-6-5-13(8-16(15)28-2)25-17(26)10-24(18(25)29)9-11-3-4-12(20)7-14(11)19(21,22)23/h3-8H,9-10H2,1-2H3. The van der Waals surface area contributed by atoms with E-state index in [1.54, 1.807) is 18.2 Å². The molecule has 0 aromatic heterocycles. The highest BCUT2D eigenvalue weighted by molar-refractivity contribution is 7.80. The molecule has 0 atom stereocenters. The van der Waals surface area contributed by atoms with E-state index in [-0.39, 0.29) is 23.8 Å². The van der Waals surface area contributed by atoms with Gasteiger partial charge in [-0.15, -0.1) is 0 Å². The molecule has 0 unspecified atom stereocenters. The largest absolute Gasteiger partial charge is 0.493 e. The molecular weight excluding hydrogens is 412 g/mol. The minimum absolute atomic E-state index is 0.0414. The number of rotatable bonds is 5. The van der Waals surface area contributed by atoms with Gasteiger partial charge in [-0.05, 0) is 42.0 Å². The number of thiocarbonyl (C=S) groups is 1. The average molecular weight is 428 g/mol. The fourth-order valence-electron chi connectivity index (χ4n) is 3.05. The smallest absolute Gasteiger partial charge is 0.416 e. The maximum Gasteiger partial charge on any atom is 0.416 e. The normalized spacial score (nSPS) is 14.6. The van der Waals surface area contributed by atoms with Crippen molar-refractivity contribution in [1.29, 1.82) is 0 Å². The van der Waals surface area contributed by atoms with Crippen LogP contribution in [0, 0.1) is 5.82 Å². The zero-order valence-electron chi connectivity index (χ0n) is 15.4. The second-order valence-corrected chi connectivity index (χ2v) is 6.57. The predicted molar refractivity (Wildman–Crippen MR) is 101 cm³/mol. The van der Waals surface area contributed by atoms with Crippen molar-refractivity contribution >= 4 is 28.9 Å². The van der Waals surface area contributed by atoms with Gasteiger partial charge in [-0.2, -0.15) is 13.2 Å². The zero-order valence-corrected chi connectivity index (χ0v) is 16.2. The number of alkyl halides is 3. The summed E-state index contributed by atoms with van der Waals surface area (Å²) < 4.78 is 63.4. The Kier molecular flexibility index (Phi) is 5.65. The third-order valence-corrected chi connectivity index (χ3v) is 4.84. The van der Waals surface area contributed by atoms with Crippen LogP contribution >= 0.6 is 12.2 Å². The van der Waals surface area contributed by atoms with Crippen molar-refractivity contribution in [1.82, 2.24) is 4.90 Å². The van der Waals surface area contributed by atoms with Crippen molar-refractivity contribution < 1.29 is 31.8 Å². The minimum atomic E-state index is -4.73. The van der Waals surface area contributed by atoms with Gasteiger partial charge in [0, 0.05) is 12.6 Å². The summed E-state index contributed by atoms with van der Waals surface area (Å²) in [6.07, 6.45) is -4.73. The van der Waals surface area contributed by atoms with Crippen LogP contribution in [0.4, 0.5) is 23.2 Å². The molecule has 0 N–H and O–H groups in total. The second kappa shape index (κ2) is 7.86. The summed E-state index contributed by atoms with van der Waals surface area (Å²) >= 11 is 5.33. The lowest BCUT2D eigenvalue weighted by molar-refractivity contribution is -0.138. The number of benzene rings is 2. The number of hydrogen-bond donors (Lipinski definition) is 0. The Morgan fingerprint density at radius 2 is 1.76 bits per heavy atom. The van der Waals surface area contributed by atoms with Crippen molar-refractivity contribution in [3.8, 4) is 11.5 Å². The first-order valence-corrected chi connectivity index (χ1v) is 8.76. The molecule has 1 aliphatic heterocycles. The van der Waals surface area contributed by atoms with Crippen LogP contribution < -0.4 is 14.4 Å². The summed E-state index contributed by atoms with van der Waals surface area (Å²) in [6, 6.07) is 7.15. The second-order valence-electron chi connectivity index (χ2n) is 6.21. The highest BCUT2D eigenvalue weighted by Crippen LogP contribution is 2.35. The number of carbonyl (C=O) groups is 1. The highest BCUT2D eigenvalue weighted by atomic mass is 32.1. The number of anilines is 1. The van der Waals surface area contributed by atoms with Crippen LogP contribution in [0.2, 0.25) is 0 Å². The molecule has 1 aliphatic rings. The third kappa shape index (κ3) is 4.12. The summed E-state index contributed by atoms with van der Waals surface area (Å²) in [5.74, 6) is -0.574. The number of methoxy groups -OCH3 is 2. The summed E-state index contributed by atoms with van der Waals surface area (Å²) in [5, 5.41) is 0.0414.